The van der Waals surface area contributed by atoms with Crippen LogP contribution in [0.25, 0.3) is 11.1 Å². The van der Waals surface area contributed by atoms with Crippen molar-refractivity contribution in [1.29, 1.82) is 0 Å². The average Bonchev–Trinajstić information content (AvgIpc) is 3.58. The summed E-state index contributed by atoms with van der Waals surface area (Å²) in [7, 11) is 0. The molecule has 2 atom stereocenters. The van der Waals surface area contributed by atoms with Crippen molar-refractivity contribution in [2.24, 2.45) is 15.7 Å². The van der Waals surface area contributed by atoms with Gasteiger partial charge in [-0.3, -0.25) is 0 Å². The second kappa shape index (κ2) is 6.55. The Kier molecular flexibility index (Phi) is 3.88. The predicted molar refractivity (Wildman–Crippen MR) is 125 cm³/mol. The van der Waals surface area contributed by atoms with Crippen LogP contribution >= 0.6 is 0 Å². The molecule has 0 bridgehead atoms. The number of guanidine groups is 1. The van der Waals surface area contributed by atoms with Crippen molar-refractivity contribution in [3.05, 3.63) is 89.5 Å². The third kappa shape index (κ3) is 3.05. The molecular weight excluding hydrogens is 382 g/mol. The lowest BCUT2D eigenvalue weighted by molar-refractivity contribution is 0.0422. The lowest BCUT2D eigenvalue weighted by Crippen LogP contribution is -2.44. The van der Waals surface area contributed by atoms with Gasteiger partial charge in [0.05, 0.1) is 0 Å². The third-order valence-corrected chi connectivity index (χ3v) is 6.77. The van der Waals surface area contributed by atoms with Crippen LogP contribution in [0.5, 0.6) is 5.75 Å². The molecule has 4 nitrogen and oxygen atoms in total. The highest BCUT2D eigenvalue weighted by molar-refractivity contribution is 5.97. The molecule has 0 amide bonds. The van der Waals surface area contributed by atoms with Gasteiger partial charge in [-0.1, -0.05) is 60.7 Å². The van der Waals surface area contributed by atoms with Crippen molar-refractivity contribution in [1.82, 2.24) is 0 Å². The SMILES string of the molecule is C[C@]1(c2ccccc2)CC2(C=NC(N)=N2)c2cc(-c3cccc(C4CC4)c3)ccc2O1. The molecule has 0 saturated heterocycles. The quantitative estimate of drug-likeness (QED) is 0.621. The fraction of sp³-hybridized carbons (Fsp3) is 0.259. The van der Waals surface area contributed by atoms with Crippen molar-refractivity contribution in [2.45, 2.75) is 43.2 Å². The molecule has 2 aliphatic heterocycles. The number of aliphatic imine (C=N–C) groups is 2. The second-order valence-electron chi connectivity index (χ2n) is 9.14. The molecule has 3 aromatic rings. The molecule has 3 aromatic carbocycles. The smallest absolute Gasteiger partial charge is 0.216 e. The second-order valence-corrected chi connectivity index (χ2v) is 9.14. The first-order valence-corrected chi connectivity index (χ1v) is 10.9. The number of benzene rings is 3. The van der Waals surface area contributed by atoms with E-state index in [9.17, 15) is 0 Å². The molecule has 1 aliphatic carbocycles. The monoisotopic (exact) mass is 407 g/mol. The van der Waals surface area contributed by atoms with Gasteiger partial charge in [-0.25, -0.2) is 9.98 Å². The highest BCUT2D eigenvalue weighted by Crippen LogP contribution is 2.51. The van der Waals surface area contributed by atoms with Crippen LogP contribution < -0.4 is 10.5 Å². The van der Waals surface area contributed by atoms with Gasteiger partial charge in [-0.2, -0.15) is 0 Å². The van der Waals surface area contributed by atoms with E-state index >= 15 is 0 Å². The van der Waals surface area contributed by atoms with E-state index in [1.165, 1.54) is 29.5 Å². The molecule has 3 aliphatic rings. The summed E-state index contributed by atoms with van der Waals surface area (Å²) in [5, 5.41) is 0. The number of ether oxygens (including phenoxy) is 1. The number of nitrogens with two attached hydrogens (primary N) is 1. The molecular formula is C27H25N3O. The molecule has 2 N–H and O–H groups in total. The summed E-state index contributed by atoms with van der Waals surface area (Å²) in [4.78, 5) is 9.19. The Labute approximate surface area is 182 Å². The van der Waals surface area contributed by atoms with Crippen molar-refractivity contribution in [3.63, 3.8) is 0 Å². The Morgan fingerprint density at radius 1 is 0.935 bits per heavy atom. The van der Waals surface area contributed by atoms with Crippen LogP contribution in [-0.4, -0.2) is 12.2 Å². The zero-order valence-electron chi connectivity index (χ0n) is 17.6. The standard InChI is InChI=1S/C27H25N3O/c1-26(22-8-3-2-4-9-22)16-27(17-29-25(28)30-27)23-15-21(12-13-24(23)31-26)20-7-5-6-19(14-20)18-10-11-18/h2-9,12-15,17-18H,10-11,16H2,1H3,(H2,28,30)/t26-,27?/m1/s1. The first-order valence-electron chi connectivity index (χ1n) is 10.9. The number of hydrogen-bond donors (Lipinski definition) is 1. The fourth-order valence-corrected chi connectivity index (χ4v) is 5.02. The summed E-state index contributed by atoms with van der Waals surface area (Å²) in [6.45, 7) is 2.12. The molecule has 1 fully saturated rings. The van der Waals surface area contributed by atoms with Crippen LogP contribution in [0.1, 0.15) is 48.8 Å². The van der Waals surface area contributed by atoms with Crippen molar-refractivity contribution < 1.29 is 4.74 Å². The van der Waals surface area contributed by atoms with E-state index in [0.717, 1.165) is 22.8 Å². The lowest BCUT2D eigenvalue weighted by atomic mass is 9.75. The maximum absolute atomic E-state index is 6.62. The molecule has 1 unspecified atom stereocenters. The van der Waals surface area contributed by atoms with Crippen LogP contribution in [0.4, 0.5) is 0 Å². The average molecular weight is 408 g/mol. The number of hydrogen-bond acceptors (Lipinski definition) is 4. The Morgan fingerprint density at radius 2 is 1.74 bits per heavy atom. The van der Waals surface area contributed by atoms with Crippen molar-refractivity contribution >= 4 is 12.2 Å². The minimum atomic E-state index is -0.619. The Balaban J connectivity index is 1.48. The molecule has 0 aromatic heterocycles. The van der Waals surface area contributed by atoms with E-state index in [0.29, 0.717) is 12.4 Å². The molecule has 31 heavy (non-hydrogen) atoms. The van der Waals surface area contributed by atoms with Crippen LogP contribution in [0.3, 0.4) is 0 Å². The van der Waals surface area contributed by atoms with E-state index in [-0.39, 0.29) is 0 Å². The molecule has 1 spiro atoms. The van der Waals surface area contributed by atoms with Crippen molar-refractivity contribution in [3.8, 4) is 16.9 Å². The van der Waals surface area contributed by atoms with Crippen LogP contribution in [0.2, 0.25) is 0 Å². The van der Waals surface area contributed by atoms with E-state index in [2.05, 4.69) is 66.5 Å². The van der Waals surface area contributed by atoms with Gasteiger partial charge >= 0.3 is 0 Å². The molecule has 6 rings (SSSR count). The molecule has 1 saturated carbocycles. The van der Waals surface area contributed by atoms with Gasteiger partial charge in [0.2, 0.25) is 5.96 Å². The first-order chi connectivity index (χ1) is 15.0. The van der Waals surface area contributed by atoms with Crippen molar-refractivity contribution in [2.75, 3.05) is 0 Å². The lowest BCUT2D eigenvalue weighted by Gasteiger charge is -2.43. The van der Waals surface area contributed by atoms with Crippen LogP contribution in [-0.2, 0) is 11.1 Å². The van der Waals surface area contributed by atoms with E-state index < -0.39 is 11.1 Å². The maximum atomic E-state index is 6.62. The minimum Gasteiger partial charge on any atom is -0.482 e. The summed E-state index contributed by atoms with van der Waals surface area (Å²) in [5.41, 5.74) is 10.9. The van der Waals surface area contributed by atoms with Crippen LogP contribution in [0.15, 0.2) is 82.8 Å². The summed E-state index contributed by atoms with van der Waals surface area (Å²) < 4.78 is 6.62. The molecule has 4 heteroatoms. The number of rotatable bonds is 3. The summed E-state index contributed by atoms with van der Waals surface area (Å²) in [6, 6.07) is 25.7. The van der Waals surface area contributed by atoms with Gasteiger partial charge in [0.1, 0.15) is 16.9 Å². The van der Waals surface area contributed by atoms with E-state index in [4.69, 9.17) is 15.5 Å². The summed E-state index contributed by atoms with van der Waals surface area (Å²) in [5.74, 6) is 1.89. The highest BCUT2D eigenvalue weighted by atomic mass is 16.5. The van der Waals surface area contributed by atoms with E-state index in [1.807, 2.05) is 24.4 Å². The van der Waals surface area contributed by atoms with Gasteiger partial charge in [0, 0.05) is 18.2 Å². The van der Waals surface area contributed by atoms with Gasteiger partial charge < -0.3 is 10.5 Å². The Morgan fingerprint density at radius 3 is 2.48 bits per heavy atom. The minimum absolute atomic E-state index is 0.324. The fourth-order valence-electron chi connectivity index (χ4n) is 5.02. The van der Waals surface area contributed by atoms with E-state index in [1.54, 1.807) is 0 Å². The maximum Gasteiger partial charge on any atom is 0.216 e. The Bertz CT molecular complexity index is 1230. The van der Waals surface area contributed by atoms with Crippen LogP contribution in [0, 0.1) is 0 Å². The highest BCUT2D eigenvalue weighted by Gasteiger charge is 2.49. The number of nitrogens with zero attached hydrogens (tertiary/aromatic N) is 2. The molecule has 2 heterocycles. The third-order valence-electron chi connectivity index (χ3n) is 6.77. The normalized spacial score (nSPS) is 26.4. The molecule has 0 radical (unpaired) electrons. The predicted octanol–water partition coefficient (Wildman–Crippen LogP) is 5.52. The first kappa shape index (κ1) is 18.4. The van der Waals surface area contributed by atoms with Gasteiger partial charge in [-0.15, -0.1) is 0 Å². The largest absolute Gasteiger partial charge is 0.482 e. The molecule has 154 valence electrons. The van der Waals surface area contributed by atoms with Gasteiger partial charge in [-0.05, 0) is 60.1 Å². The zero-order valence-corrected chi connectivity index (χ0v) is 17.6. The Hall–Kier alpha value is -3.40. The summed E-state index contributed by atoms with van der Waals surface area (Å²) >= 11 is 0. The van der Waals surface area contributed by atoms with Gasteiger partial charge in [0.25, 0.3) is 0 Å². The van der Waals surface area contributed by atoms with Gasteiger partial charge in [0.15, 0.2) is 0 Å². The summed E-state index contributed by atoms with van der Waals surface area (Å²) in [6.07, 6.45) is 5.14. The number of fused-ring (bicyclic) bond motifs is 2. The zero-order chi connectivity index (χ0) is 21.1. The topological polar surface area (TPSA) is 60.0 Å².